The van der Waals surface area contributed by atoms with Crippen molar-refractivity contribution in [3.63, 3.8) is 0 Å². The summed E-state index contributed by atoms with van der Waals surface area (Å²) in [5.41, 5.74) is 1.19. The number of methoxy groups -OCH3 is 1. The van der Waals surface area contributed by atoms with E-state index in [0.29, 0.717) is 18.0 Å². The molecule has 2 amide bonds. The van der Waals surface area contributed by atoms with Crippen molar-refractivity contribution >= 4 is 23.2 Å². The highest BCUT2D eigenvalue weighted by molar-refractivity contribution is 6.47. The summed E-state index contributed by atoms with van der Waals surface area (Å²) in [5, 5.41) is 2.89. The molecule has 0 atom stereocenters. The van der Waals surface area contributed by atoms with Crippen molar-refractivity contribution in [2.45, 2.75) is 44.7 Å². The quantitative estimate of drug-likeness (QED) is 0.712. The topological polar surface area (TPSA) is 80.2 Å². The molecule has 0 saturated heterocycles. The van der Waals surface area contributed by atoms with E-state index >= 15 is 0 Å². The molecule has 4 rings (SSSR count). The molecular formula is C25H29N3O4. The van der Waals surface area contributed by atoms with Gasteiger partial charge in [-0.05, 0) is 81.1 Å². The maximum absolute atomic E-state index is 13.4. The second-order valence-corrected chi connectivity index (χ2v) is 8.13. The van der Waals surface area contributed by atoms with Gasteiger partial charge in [0.25, 0.3) is 5.91 Å². The number of ether oxygens (including phenoxy) is 2. The molecule has 1 aliphatic carbocycles. The summed E-state index contributed by atoms with van der Waals surface area (Å²) in [7, 11) is 1.61. The molecule has 1 heterocycles. The molecule has 0 aromatic heterocycles. The van der Waals surface area contributed by atoms with Crippen molar-refractivity contribution in [1.29, 1.82) is 0 Å². The van der Waals surface area contributed by atoms with Crippen LogP contribution in [0.1, 0.15) is 44.6 Å². The number of nitrogens with zero attached hydrogens (tertiary/aromatic N) is 2. The van der Waals surface area contributed by atoms with Crippen molar-refractivity contribution < 1.29 is 19.1 Å². The number of anilines is 1. The third kappa shape index (κ3) is 4.47. The van der Waals surface area contributed by atoms with Crippen LogP contribution in [-0.4, -0.2) is 48.4 Å². The predicted molar refractivity (Wildman–Crippen MR) is 123 cm³/mol. The number of carbonyl (C=O) groups excluding carboxylic acids is 2. The zero-order valence-electron chi connectivity index (χ0n) is 18.6. The molecule has 2 aromatic carbocycles. The van der Waals surface area contributed by atoms with Crippen molar-refractivity contribution in [1.82, 2.24) is 4.90 Å². The van der Waals surface area contributed by atoms with Crippen molar-refractivity contribution in [2.24, 2.45) is 4.99 Å². The molecule has 0 bridgehead atoms. The number of rotatable bonds is 7. The van der Waals surface area contributed by atoms with E-state index in [2.05, 4.69) is 5.32 Å². The van der Waals surface area contributed by atoms with Crippen molar-refractivity contribution in [3.05, 3.63) is 54.1 Å². The first kappa shape index (κ1) is 21.9. The predicted octanol–water partition coefficient (Wildman–Crippen LogP) is 4.02. The van der Waals surface area contributed by atoms with Crippen LogP contribution in [0.4, 0.5) is 5.69 Å². The van der Waals surface area contributed by atoms with Crippen LogP contribution in [0.2, 0.25) is 0 Å². The largest absolute Gasteiger partial charge is 0.497 e. The monoisotopic (exact) mass is 435 g/mol. The number of nitrogens with one attached hydrogen (secondary N) is 1. The van der Waals surface area contributed by atoms with Gasteiger partial charge in [-0.2, -0.15) is 0 Å². The summed E-state index contributed by atoms with van der Waals surface area (Å²) in [4.78, 5) is 32.9. The minimum atomic E-state index is -0.638. The van der Waals surface area contributed by atoms with Crippen LogP contribution < -0.4 is 14.8 Å². The zero-order valence-corrected chi connectivity index (χ0v) is 18.6. The molecule has 7 heteroatoms. The van der Waals surface area contributed by atoms with Gasteiger partial charge in [0.15, 0.2) is 0 Å². The Kier molecular flexibility index (Phi) is 6.44. The number of hydrogen-bond acceptors (Lipinski definition) is 5. The van der Waals surface area contributed by atoms with Gasteiger partial charge < -0.3 is 19.7 Å². The average Bonchev–Trinajstić information content (AvgIpc) is 3.07. The number of carbonyl (C=O) groups is 2. The molecule has 1 spiro atoms. The summed E-state index contributed by atoms with van der Waals surface area (Å²) in [6, 6.07) is 14.5. The van der Waals surface area contributed by atoms with E-state index in [9.17, 15) is 9.59 Å². The lowest BCUT2D eigenvalue weighted by Gasteiger charge is -2.38. The van der Waals surface area contributed by atoms with Gasteiger partial charge in [-0.25, -0.2) is 0 Å². The maximum atomic E-state index is 13.4. The Bertz CT molecular complexity index is 993. The van der Waals surface area contributed by atoms with E-state index in [4.69, 9.17) is 14.5 Å². The van der Waals surface area contributed by atoms with Crippen LogP contribution in [0.3, 0.4) is 0 Å². The van der Waals surface area contributed by atoms with Crippen LogP contribution in [0.15, 0.2) is 53.5 Å². The van der Waals surface area contributed by atoms with Crippen molar-refractivity contribution in [3.8, 4) is 11.5 Å². The SMILES string of the molecule is CCOc1ccc(NC(=O)CN2C(=O)C(c3ccc(OC)cc3)=NC23CCCCC3)cc1. The molecule has 168 valence electrons. The Labute approximate surface area is 188 Å². The van der Waals surface area contributed by atoms with Crippen LogP contribution in [-0.2, 0) is 9.59 Å². The summed E-state index contributed by atoms with van der Waals surface area (Å²) in [6.45, 7) is 2.47. The van der Waals surface area contributed by atoms with Gasteiger partial charge in [0.05, 0.1) is 13.7 Å². The van der Waals surface area contributed by atoms with Crippen LogP contribution in [0.5, 0.6) is 11.5 Å². The summed E-state index contributed by atoms with van der Waals surface area (Å²) in [5.74, 6) is 1.04. The molecule has 2 aromatic rings. The lowest BCUT2D eigenvalue weighted by molar-refractivity contribution is -0.134. The third-order valence-electron chi connectivity index (χ3n) is 6.04. The van der Waals surface area contributed by atoms with Gasteiger partial charge in [-0.1, -0.05) is 6.42 Å². The minimum Gasteiger partial charge on any atom is -0.497 e. The fraction of sp³-hybridized carbons (Fsp3) is 0.400. The van der Waals surface area contributed by atoms with Gasteiger partial charge in [0.2, 0.25) is 5.91 Å². The van der Waals surface area contributed by atoms with E-state index in [0.717, 1.165) is 49.2 Å². The van der Waals surface area contributed by atoms with Crippen LogP contribution >= 0.6 is 0 Å². The second kappa shape index (κ2) is 9.42. The summed E-state index contributed by atoms with van der Waals surface area (Å²) < 4.78 is 10.7. The average molecular weight is 436 g/mol. The number of aliphatic imine (C=N–C) groups is 1. The lowest BCUT2D eigenvalue weighted by Crippen LogP contribution is -2.51. The Hall–Kier alpha value is -3.35. The third-order valence-corrected chi connectivity index (χ3v) is 6.04. The summed E-state index contributed by atoms with van der Waals surface area (Å²) >= 11 is 0. The molecule has 7 nitrogen and oxygen atoms in total. The van der Waals surface area contributed by atoms with Crippen LogP contribution in [0.25, 0.3) is 0 Å². The Morgan fingerprint density at radius 2 is 1.69 bits per heavy atom. The van der Waals surface area contributed by atoms with E-state index in [-0.39, 0.29) is 18.4 Å². The first-order valence-electron chi connectivity index (χ1n) is 11.1. The molecule has 0 radical (unpaired) electrons. The van der Waals surface area contributed by atoms with Crippen LogP contribution in [0, 0.1) is 0 Å². The fourth-order valence-electron chi connectivity index (χ4n) is 4.43. The van der Waals surface area contributed by atoms with Gasteiger partial charge in [-0.3, -0.25) is 14.6 Å². The van der Waals surface area contributed by atoms with Gasteiger partial charge >= 0.3 is 0 Å². The van der Waals surface area contributed by atoms with E-state index < -0.39 is 5.66 Å². The molecular weight excluding hydrogens is 406 g/mol. The fourth-order valence-corrected chi connectivity index (χ4v) is 4.43. The molecule has 32 heavy (non-hydrogen) atoms. The first-order chi connectivity index (χ1) is 15.5. The van der Waals surface area contributed by atoms with Gasteiger partial charge in [0.1, 0.15) is 29.4 Å². The lowest BCUT2D eigenvalue weighted by atomic mass is 9.88. The van der Waals surface area contributed by atoms with Gasteiger partial charge in [-0.15, -0.1) is 0 Å². The molecule has 1 N–H and O–H groups in total. The molecule has 1 saturated carbocycles. The molecule has 1 fully saturated rings. The highest BCUT2D eigenvalue weighted by atomic mass is 16.5. The normalized spacial score (nSPS) is 17.2. The van der Waals surface area contributed by atoms with Gasteiger partial charge in [0, 0.05) is 11.3 Å². The Morgan fingerprint density at radius 1 is 1.03 bits per heavy atom. The zero-order chi connectivity index (χ0) is 22.6. The molecule has 1 aliphatic heterocycles. The maximum Gasteiger partial charge on any atom is 0.275 e. The number of hydrogen-bond donors (Lipinski definition) is 1. The van der Waals surface area contributed by atoms with E-state index in [1.165, 1.54) is 0 Å². The Balaban J connectivity index is 1.52. The first-order valence-corrected chi connectivity index (χ1v) is 11.1. The standard InChI is InChI=1S/C25H29N3O4/c1-3-32-21-13-9-19(10-14-21)26-22(29)17-28-24(30)23(18-7-11-20(31-2)12-8-18)27-25(28)15-5-4-6-16-25/h7-14H,3-6,15-17H2,1-2H3,(H,26,29). The smallest absolute Gasteiger partial charge is 0.275 e. The number of benzene rings is 2. The molecule has 2 aliphatic rings. The highest BCUT2D eigenvalue weighted by Crippen LogP contribution is 2.39. The van der Waals surface area contributed by atoms with E-state index in [1.807, 2.05) is 43.3 Å². The minimum absolute atomic E-state index is 0.0325. The number of amides is 2. The second-order valence-electron chi connectivity index (χ2n) is 8.13. The molecule has 0 unspecified atom stereocenters. The Morgan fingerprint density at radius 3 is 2.31 bits per heavy atom. The van der Waals surface area contributed by atoms with E-state index in [1.54, 1.807) is 24.1 Å². The van der Waals surface area contributed by atoms with Crippen molar-refractivity contribution in [2.75, 3.05) is 25.6 Å². The summed E-state index contributed by atoms with van der Waals surface area (Å²) in [6.07, 6.45) is 4.65. The highest BCUT2D eigenvalue weighted by Gasteiger charge is 2.48.